The van der Waals surface area contributed by atoms with Crippen LogP contribution in [0.2, 0.25) is 0 Å². The molecule has 3 aromatic rings. The van der Waals surface area contributed by atoms with Crippen LogP contribution in [0.25, 0.3) is 5.95 Å². The van der Waals surface area contributed by atoms with E-state index >= 15 is 0 Å². The predicted octanol–water partition coefficient (Wildman–Crippen LogP) is 2.12. The van der Waals surface area contributed by atoms with Crippen LogP contribution in [0.5, 0.6) is 0 Å². The molecule has 146 valence electrons. The Kier molecular flexibility index (Phi) is 5.50. The van der Waals surface area contributed by atoms with Gasteiger partial charge in [0.15, 0.2) is 5.78 Å². The lowest BCUT2D eigenvalue weighted by atomic mass is 10.1. The van der Waals surface area contributed by atoms with Crippen LogP contribution in [0.4, 0.5) is 5.69 Å². The molecule has 0 aliphatic heterocycles. The molecule has 2 aromatic heterocycles. The van der Waals surface area contributed by atoms with E-state index in [9.17, 15) is 9.59 Å². The summed E-state index contributed by atoms with van der Waals surface area (Å²) in [5, 5.41) is 15.3. The van der Waals surface area contributed by atoms with Gasteiger partial charge in [-0.3, -0.25) is 9.59 Å². The van der Waals surface area contributed by atoms with Crippen molar-refractivity contribution in [2.75, 3.05) is 11.2 Å². The van der Waals surface area contributed by atoms with E-state index in [4.69, 9.17) is 5.84 Å². The number of anilines is 1. The molecule has 0 saturated heterocycles. The molecule has 0 aliphatic rings. The maximum Gasteiger partial charge on any atom is 0.271 e. The summed E-state index contributed by atoms with van der Waals surface area (Å²) in [4.78, 5) is 23.8. The molecule has 0 radical (unpaired) electrons. The molecule has 9 nitrogen and oxygen atoms in total. The average molecular weight is 399 g/mol. The van der Waals surface area contributed by atoms with Gasteiger partial charge >= 0.3 is 0 Å². The van der Waals surface area contributed by atoms with E-state index in [1.165, 1.54) is 23.4 Å². The summed E-state index contributed by atoms with van der Waals surface area (Å²) in [6.45, 7) is 7.03. The monoisotopic (exact) mass is 399 g/mol. The fraction of sp³-hybridized carbons (Fsp3) is 0.278. The van der Waals surface area contributed by atoms with E-state index in [1.54, 1.807) is 35.9 Å². The second kappa shape index (κ2) is 7.85. The van der Waals surface area contributed by atoms with Gasteiger partial charge in [-0.25, -0.2) is 9.36 Å². The maximum atomic E-state index is 12.5. The van der Waals surface area contributed by atoms with Crippen molar-refractivity contribution in [2.24, 2.45) is 0 Å². The molecule has 0 saturated carbocycles. The molecule has 0 aliphatic carbocycles. The van der Waals surface area contributed by atoms with E-state index in [0.717, 1.165) is 11.4 Å². The number of hydrogen-bond acceptors (Lipinski definition) is 7. The molecule has 3 N–H and O–H groups in total. The van der Waals surface area contributed by atoms with Crippen LogP contribution in [-0.4, -0.2) is 41.6 Å². The molecule has 0 spiro atoms. The van der Waals surface area contributed by atoms with E-state index in [-0.39, 0.29) is 11.7 Å². The zero-order valence-electron chi connectivity index (χ0n) is 16.0. The second-order valence-corrected chi connectivity index (χ2v) is 7.68. The lowest BCUT2D eigenvalue weighted by Gasteiger charge is -2.12. The normalized spacial score (nSPS) is 12.0. The molecule has 1 aromatic carbocycles. The first-order valence-corrected chi connectivity index (χ1v) is 9.47. The number of nitrogens with two attached hydrogens (primary N) is 1. The third kappa shape index (κ3) is 4.06. The first kappa shape index (κ1) is 19.6. The highest BCUT2D eigenvalue weighted by Gasteiger charge is 2.21. The summed E-state index contributed by atoms with van der Waals surface area (Å²) in [7, 11) is 0. The van der Waals surface area contributed by atoms with Gasteiger partial charge in [-0.15, -0.1) is 10.2 Å². The lowest BCUT2D eigenvalue weighted by molar-refractivity contribution is -0.115. The topological polar surface area (TPSA) is 121 Å². The Balaban J connectivity index is 1.69. The molecule has 3 rings (SSSR count). The average Bonchev–Trinajstić information content (AvgIpc) is 3.16. The van der Waals surface area contributed by atoms with E-state index < -0.39 is 5.25 Å². The highest BCUT2D eigenvalue weighted by Crippen LogP contribution is 2.23. The largest absolute Gasteiger partial charge is 0.334 e. The van der Waals surface area contributed by atoms with E-state index in [2.05, 4.69) is 20.6 Å². The molecular weight excluding hydrogens is 378 g/mol. The van der Waals surface area contributed by atoms with Gasteiger partial charge in [-0.2, -0.15) is 5.10 Å². The zero-order chi connectivity index (χ0) is 20.4. The second-order valence-electron chi connectivity index (χ2n) is 6.37. The minimum atomic E-state index is -0.465. The van der Waals surface area contributed by atoms with Crippen LogP contribution in [-0.2, 0) is 4.79 Å². The minimum Gasteiger partial charge on any atom is -0.334 e. The first-order valence-electron chi connectivity index (χ1n) is 8.59. The Bertz CT molecular complexity index is 1020. The van der Waals surface area contributed by atoms with Gasteiger partial charge in [-0.1, -0.05) is 11.8 Å². The van der Waals surface area contributed by atoms with Gasteiger partial charge in [0, 0.05) is 16.9 Å². The molecule has 2 heterocycles. The van der Waals surface area contributed by atoms with Crippen LogP contribution in [0.3, 0.4) is 0 Å². The Labute approximate surface area is 166 Å². The van der Waals surface area contributed by atoms with Gasteiger partial charge in [0.05, 0.1) is 10.9 Å². The Hall–Kier alpha value is -3.14. The Morgan fingerprint density at radius 1 is 1.18 bits per heavy atom. The number of aryl methyl sites for hydroxylation is 2. The van der Waals surface area contributed by atoms with Gasteiger partial charge < -0.3 is 11.2 Å². The van der Waals surface area contributed by atoms with Gasteiger partial charge in [-0.05, 0) is 58.0 Å². The molecule has 1 atom stereocenters. The van der Waals surface area contributed by atoms with Crippen molar-refractivity contribution in [3.63, 3.8) is 0 Å². The fourth-order valence-electron chi connectivity index (χ4n) is 2.57. The number of benzene rings is 1. The van der Waals surface area contributed by atoms with Crippen molar-refractivity contribution in [3.8, 4) is 5.95 Å². The maximum absolute atomic E-state index is 12.5. The highest BCUT2D eigenvalue weighted by atomic mass is 32.2. The molecular formula is C18H21N7O2S. The molecule has 0 fully saturated rings. The Morgan fingerprint density at radius 2 is 1.86 bits per heavy atom. The number of carbonyl (C=O) groups is 2. The molecule has 10 heteroatoms. The van der Waals surface area contributed by atoms with Crippen LogP contribution in [0, 0.1) is 13.8 Å². The smallest absolute Gasteiger partial charge is 0.271 e. The van der Waals surface area contributed by atoms with Crippen LogP contribution in [0.1, 0.15) is 35.6 Å². The first-order chi connectivity index (χ1) is 13.3. The number of aromatic nitrogens is 5. The number of hydrogen-bond donors (Lipinski definition) is 2. The van der Waals surface area contributed by atoms with E-state index in [1.807, 2.05) is 19.9 Å². The van der Waals surface area contributed by atoms with E-state index in [0.29, 0.717) is 22.4 Å². The van der Waals surface area contributed by atoms with Gasteiger partial charge in [0.25, 0.3) is 5.95 Å². The highest BCUT2D eigenvalue weighted by molar-refractivity contribution is 8.00. The number of thioether (sulfide) groups is 1. The van der Waals surface area contributed by atoms with Crippen molar-refractivity contribution in [1.82, 2.24) is 24.7 Å². The molecule has 0 bridgehead atoms. The zero-order valence-corrected chi connectivity index (χ0v) is 16.8. The fourth-order valence-corrected chi connectivity index (χ4v) is 3.33. The number of rotatable bonds is 6. The third-order valence-electron chi connectivity index (χ3n) is 4.06. The number of nitrogens with zero attached hydrogens (tertiary/aromatic N) is 5. The predicted molar refractivity (Wildman–Crippen MR) is 107 cm³/mol. The number of ketones is 1. The van der Waals surface area contributed by atoms with Crippen molar-refractivity contribution in [2.45, 2.75) is 38.1 Å². The standard InChI is InChI=1S/C18H21N7O2S/c1-10-9-11(2)25(23-10)17-21-22-18(24(17)19)28-13(4)16(27)20-15-7-5-14(6-8-15)12(3)26/h5-9,13H,19H2,1-4H3,(H,20,27)/t13-/m0/s1. The SMILES string of the molecule is CC(=O)c1ccc(NC(=O)[C@H](C)Sc2nnc(-n3nc(C)cc3C)n2N)cc1. The van der Waals surface area contributed by atoms with Gasteiger partial charge in [0.1, 0.15) is 0 Å². The number of nitrogen functional groups attached to an aromatic ring is 1. The van der Waals surface area contributed by atoms with Crippen molar-refractivity contribution in [3.05, 3.63) is 47.3 Å². The summed E-state index contributed by atoms with van der Waals surface area (Å²) in [5.41, 5.74) is 2.93. The quantitative estimate of drug-likeness (QED) is 0.370. The number of amides is 1. The van der Waals surface area contributed by atoms with Crippen molar-refractivity contribution in [1.29, 1.82) is 0 Å². The molecule has 28 heavy (non-hydrogen) atoms. The van der Waals surface area contributed by atoms with Crippen molar-refractivity contribution >= 4 is 29.1 Å². The summed E-state index contributed by atoms with van der Waals surface area (Å²) >= 11 is 1.19. The van der Waals surface area contributed by atoms with Gasteiger partial charge in [0.2, 0.25) is 11.1 Å². The summed E-state index contributed by atoms with van der Waals surface area (Å²) < 4.78 is 2.92. The third-order valence-corrected chi connectivity index (χ3v) is 5.11. The summed E-state index contributed by atoms with van der Waals surface area (Å²) in [5.74, 6) is 6.24. The summed E-state index contributed by atoms with van der Waals surface area (Å²) in [6, 6.07) is 8.64. The minimum absolute atomic E-state index is 0.0255. The molecule has 0 unspecified atom stereocenters. The molecule has 1 amide bonds. The number of carbonyl (C=O) groups excluding carboxylic acids is 2. The van der Waals surface area contributed by atoms with Crippen molar-refractivity contribution < 1.29 is 9.59 Å². The van der Waals surface area contributed by atoms with Crippen LogP contribution in [0.15, 0.2) is 35.5 Å². The Morgan fingerprint density at radius 3 is 2.43 bits per heavy atom. The summed E-state index contributed by atoms with van der Waals surface area (Å²) in [6.07, 6.45) is 0. The number of Topliss-reactive ketones (excluding diaryl/α,β-unsaturated/α-hetero) is 1. The van der Waals surface area contributed by atoms with Crippen LogP contribution >= 0.6 is 11.8 Å². The lowest BCUT2D eigenvalue weighted by Crippen LogP contribution is -2.24. The van der Waals surface area contributed by atoms with Crippen LogP contribution < -0.4 is 11.2 Å². The number of nitrogens with one attached hydrogen (secondary N) is 1.